The molecule has 1 unspecified atom stereocenters. The standard InChI is InChI=1S/C16H20BrN5S/c1-10-7-14(22-16(19-10)15(17)11(2)20-22)18-8-13(21(3)4)12-5-6-23-9-12/h5-7,9,13,18H,8H2,1-4H3. The molecule has 0 fully saturated rings. The molecule has 0 aliphatic heterocycles. The number of hydrogen-bond donors (Lipinski definition) is 1. The maximum absolute atomic E-state index is 4.57. The predicted molar refractivity (Wildman–Crippen MR) is 99.4 cm³/mol. The quantitative estimate of drug-likeness (QED) is 0.713. The third-order valence-corrected chi connectivity index (χ3v) is 5.48. The van der Waals surface area contributed by atoms with Crippen molar-refractivity contribution in [3.05, 3.63) is 44.3 Å². The first-order chi connectivity index (χ1) is 11.0. The Hall–Kier alpha value is -1.44. The second-order valence-electron chi connectivity index (χ2n) is 5.83. The van der Waals surface area contributed by atoms with Gasteiger partial charge in [0.05, 0.1) is 16.2 Å². The van der Waals surface area contributed by atoms with Crippen molar-refractivity contribution in [1.82, 2.24) is 19.5 Å². The van der Waals surface area contributed by atoms with Crippen molar-refractivity contribution in [2.75, 3.05) is 26.0 Å². The van der Waals surface area contributed by atoms with Gasteiger partial charge in [-0.25, -0.2) is 4.98 Å². The summed E-state index contributed by atoms with van der Waals surface area (Å²) in [5, 5.41) is 12.4. The highest BCUT2D eigenvalue weighted by Crippen LogP contribution is 2.25. The SMILES string of the molecule is Cc1cc(NCC(c2ccsc2)N(C)C)n2nc(C)c(Br)c2n1. The van der Waals surface area contributed by atoms with E-state index in [0.29, 0.717) is 6.04 Å². The van der Waals surface area contributed by atoms with Crippen LogP contribution in [0.5, 0.6) is 0 Å². The van der Waals surface area contributed by atoms with Crippen molar-refractivity contribution in [2.45, 2.75) is 19.9 Å². The molecule has 0 aliphatic rings. The second kappa shape index (κ2) is 6.59. The summed E-state index contributed by atoms with van der Waals surface area (Å²) >= 11 is 5.30. The molecule has 3 aromatic heterocycles. The molecule has 3 aromatic rings. The summed E-state index contributed by atoms with van der Waals surface area (Å²) < 4.78 is 2.82. The van der Waals surface area contributed by atoms with E-state index >= 15 is 0 Å². The molecule has 0 bridgehead atoms. The van der Waals surface area contributed by atoms with Crippen molar-refractivity contribution in [3.8, 4) is 0 Å². The highest BCUT2D eigenvalue weighted by Gasteiger charge is 2.16. The van der Waals surface area contributed by atoms with Gasteiger partial charge in [0.15, 0.2) is 5.65 Å². The van der Waals surface area contributed by atoms with E-state index in [9.17, 15) is 0 Å². The Morgan fingerprint density at radius 3 is 2.83 bits per heavy atom. The number of fused-ring (bicyclic) bond motifs is 1. The number of nitrogens with one attached hydrogen (secondary N) is 1. The van der Waals surface area contributed by atoms with E-state index in [1.807, 2.05) is 24.4 Å². The molecule has 0 amide bonds. The summed E-state index contributed by atoms with van der Waals surface area (Å²) in [6.45, 7) is 4.78. The Balaban J connectivity index is 1.90. The lowest BCUT2D eigenvalue weighted by atomic mass is 10.1. The minimum absolute atomic E-state index is 0.310. The van der Waals surface area contributed by atoms with Crippen molar-refractivity contribution < 1.29 is 0 Å². The molecule has 0 saturated carbocycles. The first-order valence-corrected chi connectivity index (χ1v) is 9.16. The monoisotopic (exact) mass is 393 g/mol. The molecule has 0 aromatic carbocycles. The van der Waals surface area contributed by atoms with Crippen molar-refractivity contribution in [1.29, 1.82) is 0 Å². The number of thiophene rings is 1. The van der Waals surface area contributed by atoms with Crippen LogP contribution in [0.3, 0.4) is 0 Å². The number of anilines is 1. The highest BCUT2D eigenvalue weighted by atomic mass is 79.9. The van der Waals surface area contributed by atoms with Crippen LogP contribution in [-0.2, 0) is 0 Å². The van der Waals surface area contributed by atoms with Gasteiger partial charge in [-0.15, -0.1) is 0 Å². The molecule has 122 valence electrons. The number of aromatic nitrogens is 3. The largest absolute Gasteiger partial charge is 0.368 e. The molecule has 3 rings (SSSR count). The molecule has 7 heteroatoms. The Bertz CT molecular complexity index is 810. The molecule has 1 N–H and O–H groups in total. The Labute approximate surface area is 148 Å². The molecule has 5 nitrogen and oxygen atoms in total. The highest BCUT2D eigenvalue weighted by molar-refractivity contribution is 9.10. The molecule has 0 aliphatic carbocycles. The average molecular weight is 394 g/mol. The van der Waals surface area contributed by atoms with Crippen molar-refractivity contribution in [2.24, 2.45) is 0 Å². The van der Waals surface area contributed by atoms with Crippen LogP contribution >= 0.6 is 27.3 Å². The Morgan fingerprint density at radius 1 is 1.39 bits per heavy atom. The number of aryl methyl sites for hydroxylation is 2. The molecule has 3 heterocycles. The Morgan fingerprint density at radius 2 is 2.17 bits per heavy atom. The number of hydrogen-bond acceptors (Lipinski definition) is 5. The molecule has 0 radical (unpaired) electrons. The van der Waals surface area contributed by atoms with Crippen LogP contribution < -0.4 is 5.32 Å². The molecule has 1 atom stereocenters. The summed E-state index contributed by atoms with van der Waals surface area (Å²) in [5.41, 5.74) is 4.08. The topological polar surface area (TPSA) is 45.5 Å². The maximum Gasteiger partial charge on any atom is 0.172 e. The molecular weight excluding hydrogens is 374 g/mol. The fourth-order valence-corrected chi connectivity index (χ4v) is 3.65. The van der Waals surface area contributed by atoms with Gasteiger partial charge in [0.1, 0.15) is 5.82 Å². The van der Waals surface area contributed by atoms with Crippen LogP contribution in [0.4, 0.5) is 5.82 Å². The van der Waals surface area contributed by atoms with Crippen LogP contribution in [0.2, 0.25) is 0 Å². The lowest BCUT2D eigenvalue weighted by Crippen LogP contribution is -2.27. The summed E-state index contributed by atoms with van der Waals surface area (Å²) in [5.74, 6) is 0.961. The van der Waals surface area contributed by atoms with Gasteiger partial charge in [-0.1, -0.05) is 0 Å². The van der Waals surface area contributed by atoms with Crippen LogP contribution in [0.1, 0.15) is 23.0 Å². The first kappa shape index (κ1) is 16.4. The van der Waals surface area contributed by atoms with Gasteiger partial charge in [-0.05, 0) is 66.3 Å². The summed E-state index contributed by atoms with van der Waals surface area (Å²) in [6, 6.07) is 4.52. The number of likely N-dealkylation sites (N-methyl/N-ethyl adjacent to an activating group) is 1. The van der Waals surface area contributed by atoms with Crippen molar-refractivity contribution in [3.63, 3.8) is 0 Å². The zero-order chi connectivity index (χ0) is 16.6. The van der Waals surface area contributed by atoms with Gasteiger partial charge < -0.3 is 10.2 Å². The summed E-state index contributed by atoms with van der Waals surface area (Å²) in [7, 11) is 4.21. The smallest absolute Gasteiger partial charge is 0.172 e. The summed E-state index contributed by atoms with van der Waals surface area (Å²) in [4.78, 5) is 6.80. The predicted octanol–water partition coefficient (Wildman–Crippen LogP) is 3.88. The van der Waals surface area contributed by atoms with Gasteiger partial charge in [0.2, 0.25) is 0 Å². The number of halogens is 1. The first-order valence-electron chi connectivity index (χ1n) is 7.42. The van der Waals surface area contributed by atoms with E-state index in [1.54, 1.807) is 11.3 Å². The van der Waals surface area contributed by atoms with Crippen LogP contribution in [0.25, 0.3) is 5.65 Å². The maximum atomic E-state index is 4.57. The number of nitrogens with zero attached hydrogens (tertiary/aromatic N) is 4. The minimum Gasteiger partial charge on any atom is -0.368 e. The second-order valence-corrected chi connectivity index (χ2v) is 7.41. The van der Waals surface area contributed by atoms with Crippen molar-refractivity contribution >= 4 is 38.7 Å². The third kappa shape index (κ3) is 3.27. The zero-order valence-electron chi connectivity index (χ0n) is 13.7. The van der Waals surface area contributed by atoms with Gasteiger partial charge in [-0.3, -0.25) is 0 Å². The van der Waals surface area contributed by atoms with Crippen LogP contribution in [-0.4, -0.2) is 40.1 Å². The van der Waals surface area contributed by atoms with Crippen LogP contribution in [0, 0.1) is 13.8 Å². The lowest BCUT2D eigenvalue weighted by molar-refractivity contribution is 0.312. The Kier molecular flexibility index (Phi) is 4.70. The van der Waals surface area contributed by atoms with E-state index < -0.39 is 0 Å². The molecular formula is C16H20BrN5S. The fraction of sp³-hybridized carbons (Fsp3) is 0.375. The molecule has 23 heavy (non-hydrogen) atoms. The van der Waals surface area contributed by atoms with E-state index in [2.05, 4.69) is 67.2 Å². The van der Waals surface area contributed by atoms with E-state index in [-0.39, 0.29) is 0 Å². The minimum atomic E-state index is 0.310. The fourth-order valence-electron chi connectivity index (χ4n) is 2.61. The van der Waals surface area contributed by atoms with Gasteiger partial charge in [0, 0.05) is 18.3 Å². The average Bonchev–Trinajstić information content (AvgIpc) is 3.10. The third-order valence-electron chi connectivity index (χ3n) is 3.85. The van der Waals surface area contributed by atoms with E-state index in [0.717, 1.165) is 33.9 Å². The van der Waals surface area contributed by atoms with E-state index in [1.165, 1.54) is 5.56 Å². The van der Waals surface area contributed by atoms with Crippen LogP contribution in [0.15, 0.2) is 27.4 Å². The molecule has 0 saturated heterocycles. The summed E-state index contributed by atoms with van der Waals surface area (Å²) in [6.07, 6.45) is 0. The van der Waals surface area contributed by atoms with Gasteiger partial charge in [0.25, 0.3) is 0 Å². The number of rotatable bonds is 5. The zero-order valence-corrected chi connectivity index (χ0v) is 16.1. The van der Waals surface area contributed by atoms with Gasteiger partial charge >= 0.3 is 0 Å². The van der Waals surface area contributed by atoms with Gasteiger partial charge in [-0.2, -0.15) is 21.0 Å². The van der Waals surface area contributed by atoms with E-state index in [4.69, 9.17) is 0 Å². The molecule has 0 spiro atoms. The lowest BCUT2D eigenvalue weighted by Gasteiger charge is -2.24. The normalized spacial score (nSPS) is 13.0.